The smallest absolute Gasteiger partial charge is 0.224 e. The van der Waals surface area contributed by atoms with Gasteiger partial charge in [-0.1, -0.05) is 6.07 Å². The van der Waals surface area contributed by atoms with E-state index >= 15 is 0 Å². The van der Waals surface area contributed by atoms with Crippen LogP contribution in [-0.2, 0) is 0 Å². The first kappa shape index (κ1) is 15.0. The number of anilines is 3. The highest BCUT2D eigenvalue weighted by Crippen LogP contribution is 2.32. The molecule has 1 aromatic carbocycles. The molecule has 0 atom stereocenters. The van der Waals surface area contributed by atoms with E-state index in [1.165, 1.54) is 6.07 Å². The zero-order valence-corrected chi connectivity index (χ0v) is 13.1. The number of nitrogens with one attached hydrogen (secondary N) is 1. The maximum absolute atomic E-state index is 14.4. The molecule has 0 saturated heterocycles. The van der Waals surface area contributed by atoms with Crippen LogP contribution in [0.25, 0.3) is 22.3 Å². The van der Waals surface area contributed by atoms with Gasteiger partial charge in [0.1, 0.15) is 11.6 Å². The number of nitrogens with two attached hydrogens (primary N) is 1. The van der Waals surface area contributed by atoms with Crippen LogP contribution in [0.4, 0.5) is 21.8 Å². The molecule has 7 heteroatoms. The number of aromatic nitrogens is 3. The van der Waals surface area contributed by atoms with Gasteiger partial charge < -0.3 is 16.0 Å². The lowest BCUT2D eigenvalue weighted by molar-refractivity contribution is 0.630. The number of nitrogens with zero attached hydrogens (tertiary/aromatic N) is 4. The van der Waals surface area contributed by atoms with Gasteiger partial charge in [0, 0.05) is 26.8 Å². The van der Waals surface area contributed by atoms with Crippen LogP contribution in [0.1, 0.15) is 0 Å². The number of halogens is 1. The average Bonchev–Trinajstić information content (AvgIpc) is 2.53. The maximum atomic E-state index is 14.4. The van der Waals surface area contributed by atoms with E-state index in [9.17, 15) is 4.39 Å². The van der Waals surface area contributed by atoms with Crippen molar-refractivity contribution in [3.8, 4) is 11.3 Å². The molecule has 118 valence electrons. The Morgan fingerprint density at radius 1 is 1.09 bits per heavy atom. The molecule has 0 aliphatic carbocycles. The number of hydrogen-bond donors (Lipinski definition) is 2. The lowest BCUT2D eigenvalue weighted by atomic mass is 10.1. The highest BCUT2D eigenvalue weighted by atomic mass is 19.1. The Balaban J connectivity index is 2.27. The van der Waals surface area contributed by atoms with E-state index in [0.717, 1.165) is 11.1 Å². The fourth-order valence-corrected chi connectivity index (χ4v) is 2.50. The molecule has 3 aromatic rings. The largest absolute Gasteiger partial charge is 0.377 e. The highest BCUT2D eigenvalue weighted by molar-refractivity contribution is 5.90. The van der Waals surface area contributed by atoms with Crippen LogP contribution in [0.2, 0.25) is 0 Å². The second-order valence-electron chi connectivity index (χ2n) is 5.28. The third-order valence-electron chi connectivity index (χ3n) is 3.54. The van der Waals surface area contributed by atoms with Gasteiger partial charge >= 0.3 is 0 Å². The maximum Gasteiger partial charge on any atom is 0.224 e. The Labute approximate surface area is 133 Å². The molecule has 0 spiro atoms. The van der Waals surface area contributed by atoms with E-state index in [4.69, 9.17) is 5.73 Å². The fraction of sp³-hybridized carbons (Fsp3) is 0.188. The molecule has 0 bridgehead atoms. The molecule has 6 nitrogen and oxygen atoms in total. The Morgan fingerprint density at radius 3 is 2.57 bits per heavy atom. The number of nitrogen functional groups attached to an aromatic ring is 1. The molecule has 0 amide bonds. The predicted octanol–water partition coefficient (Wildman–Crippen LogP) is 2.52. The first-order valence-electron chi connectivity index (χ1n) is 7.09. The summed E-state index contributed by atoms with van der Waals surface area (Å²) in [5.41, 5.74) is 7.81. The molecule has 0 radical (unpaired) electrons. The lowest BCUT2D eigenvalue weighted by Crippen LogP contribution is -2.11. The molecule has 23 heavy (non-hydrogen) atoms. The van der Waals surface area contributed by atoms with Crippen molar-refractivity contribution in [2.24, 2.45) is 0 Å². The minimum Gasteiger partial charge on any atom is -0.377 e. The first-order chi connectivity index (χ1) is 11.0. The SMILES string of the molecule is CNc1nc(N)nc2nc(-c3c(F)cccc3N(C)C)ccc12. The van der Waals surface area contributed by atoms with Gasteiger partial charge in [-0.05, 0) is 24.3 Å². The summed E-state index contributed by atoms with van der Waals surface area (Å²) in [6, 6.07) is 8.51. The van der Waals surface area contributed by atoms with E-state index in [0.29, 0.717) is 22.7 Å². The molecular formula is C16H17FN6. The molecule has 0 aliphatic rings. The van der Waals surface area contributed by atoms with Crippen molar-refractivity contribution in [2.75, 3.05) is 37.1 Å². The van der Waals surface area contributed by atoms with Gasteiger partial charge in [0.05, 0.1) is 16.6 Å². The van der Waals surface area contributed by atoms with Crippen molar-refractivity contribution in [2.45, 2.75) is 0 Å². The van der Waals surface area contributed by atoms with Crippen LogP contribution >= 0.6 is 0 Å². The van der Waals surface area contributed by atoms with Crippen molar-refractivity contribution in [3.63, 3.8) is 0 Å². The van der Waals surface area contributed by atoms with E-state index < -0.39 is 0 Å². The number of pyridine rings is 1. The molecule has 0 unspecified atom stereocenters. The number of rotatable bonds is 3. The summed E-state index contributed by atoms with van der Waals surface area (Å²) < 4.78 is 14.4. The first-order valence-corrected chi connectivity index (χ1v) is 7.09. The zero-order chi connectivity index (χ0) is 16.6. The number of hydrogen-bond acceptors (Lipinski definition) is 6. The Bertz CT molecular complexity index is 878. The normalized spacial score (nSPS) is 10.8. The third-order valence-corrected chi connectivity index (χ3v) is 3.54. The highest BCUT2D eigenvalue weighted by Gasteiger charge is 2.15. The topological polar surface area (TPSA) is 80.0 Å². The van der Waals surface area contributed by atoms with Crippen molar-refractivity contribution in [1.29, 1.82) is 0 Å². The van der Waals surface area contributed by atoms with Gasteiger partial charge in [-0.2, -0.15) is 9.97 Å². The minimum absolute atomic E-state index is 0.118. The summed E-state index contributed by atoms with van der Waals surface area (Å²) in [5.74, 6) is 0.375. The van der Waals surface area contributed by atoms with Crippen molar-refractivity contribution in [3.05, 3.63) is 36.1 Å². The molecule has 2 aromatic heterocycles. The predicted molar refractivity (Wildman–Crippen MR) is 91.0 cm³/mol. The number of benzene rings is 1. The second kappa shape index (κ2) is 5.68. The average molecular weight is 312 g/mol. The van der Waals surface area contributed by atoms with E-state index in [1.54, 1.807) is 19.2 Å². The van der Waals surface area contributed by atoms with Gasteiger partial charge in [-0.25, -0.2) is 9.37 Å². The van der Waals surface area contributed by atoms with Crippen LogP contribution in [0.3, 0.4) is 0 Å². The van der Waals surface area contributed by atoms with Gasteiger partial charge in [-0.3, -0.25) is 0 Å². The summed E-state index contributed by atoms with van der Waals surface area (Å²) in [7, 11) is 5.47. The summed E-state index contributed by atoms with van der Waals surface area (Å²) in [6.07, 6.45) is 0. The van der Waals surface area contributed by atoms with Crippen LogP contribution < -0.4 is 16.0 Å². The quantitative estimate of drug-likeness (QED) is 0.773. The van der Waals surface area contributed by atoms with E-state index in [1.807, 2.05) is 31.1 Å². The monoisotopic (exact) mass is 312 g/mol. The molecule has 3 N–H and O–H groups in total. The van der Waals surface area contributed by atoms with Gasteiger partial charge in [0.2, 0.25) is 5.95 Å². The summed E-state index contributed by atoms with van der Waals surface area (Å²) in [4.78, 5) is 14.6. The molecule has 3 rings (SSSR count). The van der Waals surface area contributed by atoms with Crippen LogP contribution in [0.5, 0.6) is 0 Å². The van der Waals surface area contributed by atoms with Crippen molar-refractivity contribution >= 4 is 28.5 Å². The van der Waals surface area contributed by atoms with Crippen LogP contribution in [-0.4, -0.2) is 36.1 Å². The fourth-order valence-electron chi connectivity index (χ4n) is 2.50. The second-order valence-corrected chi connectivity index (χ2v) is 5.28. The molecule has 0 fully saturated rings. The molecule has 0 aliphatic heterocycles. The summed E-state index contributed by atoms with van der Waals surface area (Å²) in [6.45, 7) is 0. The summed E-state index contributed by atoms with van der Waals surface area (Å²) >= 11 is 0. The standard InChI is InChI=1S/C16H17FN6/c1-19-14-9-7-8-11(20-15(9)22-16(18)21-14)13-10(17)5-4-6-12(13)23(2)3/h4-8H,1-3H3,(H3,18,19,20,21,22). The van der Waals surface area contributed by atoms with Gasteiger partial charge in [-0.15, -0.1) is 0 Å². The lowest BCUT2D eigenvalue weighted by Gasteiger charge is -2.18. The molecular weight excluding hydrogens is 295 g/mol. The van der Waals surface area contributed by atoms with Crippen LogP contribution in [0.15, 0.2) is 30.3 Å². The summed E-state index contributed by atoms with van der Waals surface area (Å²) in [5, 5.41) is 3.69. The van der Waals surface area contributed by atoms with Crippen molar-refractivity contribution in [1.82, 2.24) is 15.0 Å². The number of fused-ring (bicyclic) bond motifs is 1. The van der Waals surface area contributed by atoms with Gasteiger partial charge in [0.15, 0.2) is 5.65 Å². The molecule has 0 saturated carbocycles. The Hall–Kier alpha value is -2.96. The minimum atomic E-state index is -0.334. The molecule has 2 heterocycles. The van der Waals surface area contributed by atoms with E-state index in [-0.39, 0.29) is 11.8 Å². The van der Waals surface area contributed by atoms with Gasteiger partial charge in [0.25, 0.3) is 0 Å². The third kappa shape index (κ3) is 2.61. The van der Waals surface area contributed by atoms with Crippen molar-refractivity contribution < 1.29 is 4.39 Å². The Morgan fingerprint density at radius 2 is 1.87 bits per heavy atom. The van der Waals surface area contributed by atoms with Crippen LogP contribution in [0, 0.1) is 5.82 Å². The zero-order valence-electron chi connectivity index (χ0n) is 13.1. The Kier molecular flexibility index (Phi) is 3.69. The van der Waals surface area contributed by atoms with E-state index in [2.05, 4.69) is 20.3 Å².